The molecular weight excluding hydrogens is 203 g/mol. The van der Waals surface area contributed by atoms with Crippen molar-refractivity contribution in [3.8, 4) is 0 Å². The summed E-state index contributed by atoms with van der Waals surface area (Å²) in [7, 11) is 0. The average molecular weight is 218 g/mol. The first-order valence-electron chi connectivity index (χ1n) is 5.37. The largest absolute Gasteiger partial charge is 0.364 e. The van der Waals surface area contributed by atoms with Gasteiger partial charge in [0.05, 0.1) is 0 Å². The van der Waals surface area contributed by atoms with Crippen LogP contribution in [0.3, 0.4) is 0 Å². The molecule has 0 saturated heterocycles. The number of rotatable bonds is 4. The molecule has 0 amide bonds. The Bertz CT molecular complexity index is 437. The lowest BCUT2D eigenvalue weighted by Gasteiger charge is -2.14. The quantitative estimate of drug-likeness (QED) is 0.811. The summed E-state index contributed by atoms with van der Waals surface area (Å²) in [6.45, 7) is 2.67. The zero-order valence-corrected chi connectivity index (χ0v) is 9.20. The number of halogens is 1. The molecule has 2 N–H and O–H groups in total. The third-order valence-corrected chi connectivity index (χ3v) is 2.63. The van der Waals surface area contributed by atoms with Crippen LogP contribution in [-0.2, 0) is 6.54 Å². The third kappa shape index (κ3) is 2.49. The summed E-state index contributed by atoms with van der Waals surface area (Å²) in [6, 6.07) is 10.8. The Labute approximate surface area is 94.5 Å². The molecule has 0 aliphatic heterocycles. The smallest absolute Gasteiger partial charge is 0.127 e. The van der Waals surface area contributed by atoms with E-state index in [1.165, 1.54) is 6.07 Å². The minimum atomic E-state index is -0.158. The van der Waals surface area contributed by atoms with E-state index in [4.69, 9.17) is 0 Å². The van der Waals surface area contributed by atoms with Gasteiger partial charge in [-0.25, -0.2) is 4.39 Å². The van der Waals surface area contributed by atoms with E-state index in [0.29, 0.717) is 12.1 Å². The molecule has 0 unspecified atom stereocenters. The maximum atomic E-state index is 13.5. The molecule has 1 aromatic heterocycles. The number of hydrogen-bond donors (Lipinski definition) is 2. The van der Waals surface area contributed by atoms with Gasteiger partial charge in [0.25, 0.3) is 0 Å². The van der Waals surface area contributed by atoms with Gasteiger partial charge in [-0.3, -0.25) is 0 Å². The lowest BCUT2D eigenvalue weighted by molar-refractivity contribution is 0.525. The maximum Gasteiger partial charge on any atom is 0.127 e. The second-order valence-electron chi connectivity index (χ2n) is 3.82. The normalized spacial score (nSPS) is 12.6. The van der Waals surface area contributed by atoms with Crippen LogP contribution < -0.4 is 5.32 Å². The fourth-order valence-corrected chi connectivity index (χ4v) is 1.68. The van der Waals surface area contributed by atoms with Gasteiger partial charge in [0, 0.05) is 30.0 Å². The molecule has 2 nitrogen and oxygen atoms in total. The molecule has 1 heterocycles. The van der Waals surface area contributed by atoms with Crippen molar-refractivity contribution in [3.05, 3.63) is 59.7 Å². The van der Waals surface area contributed by atoms with E-state index in [0.717, 1.165) is 5.69 Å². The predicted molar refractivity (Wildman–Crippen MR) is 62.4 cm³/mol. The summed E-state index contributed by atoms with van der Waals surface area (Å²) in [5.74, 6) is -0.158. The second kappa shape index (κ2) is 4.94. The number of nitrogens with one attached hydrogen (secondary N) is 2. The fraction of sp³-hybridized carbons (Fsp3) is 0.231. The highest BCUT2D eigenvalue weighted by Crippen LogP contribution is 2.16. The van der Waals surface area contributed by atoms with Gasteiger partial charge in [-0.15, -0.1) is 0 Å². The highest BCUT2D eigenvalue weighted by Gasteiger charge is 2.09. The SMILES string of the molecule is C[C@@H](NCc1ccc[nH]1)c1ccccc1F. The van der Waals surface area contributed by atoms with Crippen molar-refractivity contribution < 1.29 is 4.39 Å². The summed E-state index contributed by atoms with van der Waals surface area (Å²) in [5.41, 5.74) is 1.80. The van der Waals surface area contributed by atoms with Gasteiger partial charge in [0.2, 0.25) is 0 Å². The number of aromatic nitrogens is 1. The van der Waals surface area contributed by atoms with Crippen molar-refractivity contribution >= 4 is 0 Å². The van der Waals surface area contributed by atoms with Crippen molar-refractivity contribution in [2.24, 2.45) is 0 Å². The average Bonchev–Trinajstić information content (AvgIpc) is 2.79. The Morgan fingerprint density at radius 2 is 2.06 bits per heavy atom. The third-order valence-electron chi connectivity index (χ3n) is 2.63. The van der Waals surface area contributed by atoms with Crippen LogP contribution in [0.25, 0.3) is 0 Å². The van der Waals surface area contributed by atoms with Gasteiger partial charge >= 0.3 is 0 Å². The summed E-state index contributed by atoms with van der Waals surface area (Å²) in [4.78, 5) is 3.10. The number of hydrogen-bond acceptors (Lipinski definition) is 1. The maximum absolute atomic E-state index is 13.5. The van der Waals surface area contributed by atoms with Gasteiger partial charge in [0.15, 0.2) is 0 Å². The van der Waals surface area contributed by atoms with Crippen molar-refractivity contribution in [3.63, 3.8) is 0 Å². The van der Waals surface area contributed by atoms with Crippen LogP contribution in [0.15, 0.2) is 42.6 Å². The van der Waals surface area contributed by atoms with Gasteiger partial charge in [-0.2, -0.15) is 0 Å². The van der Waals surface area contributed by atoms with Crippen LogP contribution in [0.5, 0.6) is 0 Å². The first-order valence-corrected chi connectivity index (χ1v) is 5.37. The molecule has 0 aliphatic rings. The Hall–Kier alpha value is -1.61. The van der Waals surface area contributed by atoms with Crippen LogP contribution in [0.1, 0.15) is 24.2 Å². The van der Waals surface area contributed by atoms with Crippen molar-refractivity contribution in [2.45, 2.75) is 19.5 Å². The summed E-state index contributed by atoms with van der Waals surface area (Å²) in [5, 5.41) is 3.27. The zero-order valence-electron chi connectivity index (χ0n) is 9.20. The second-order valence-corrected chi connectivity index (χ2v) is 3.82. The van der Waals surface area contributed by atoms with Crippen LogP contribution in [0.2, 0.25) is 0 Å². The van der Waals surface area contributed by atoms with E-state index < -0.39 is 0 Å². The molecule has 0 spiro atoms. The van der Waals surface area contributed by atoms with E-state index in [2.05, 4.69) is 10.3 Å². The standard InChI is InChI=1S/C13H15FN2/c1-10(12-6-2-3-7-13(12)14)16-9-11-5-4-8-15-11/h2-8,10,15-16H,9H2,1H3/t10-/m1/s1. The molecule has 84 valence electrons. The Kier molecular flexibility index (Phi) is 3.37. The van der Waals surface area contributed by atoms with Crippen LogP contribution in [0, 0.1) is 5.82 Å². The highest BCUT2D eigenvalue weighted by atomic mass is 19.1. The molecule has 2 aromatic rings. The molecule has 0 aliphatic carbocycles. The van der Waals surface area contributed by atoms with E-state index in [1.807, 2.05) is 37.4 Å². The highest BCUT2D eigenvalue weighted by molar-refractivity contribution is 5.20. The molecule has 1 aromatic carbocycles. The molecule has 2 rings (SSSR count). The van der Waals surface area contributed by atoms with Crippen molar-refractivity contribution in [2.75, 3.05) is 0 Å². The first-order chi connectivity index (χ1) is 7.77. The van der Waals surface area contributed by atoms with Crippen molar-refractivity contribution in [1.82, 2.24) is 10.3 Å². The molecule has 16 heavy (non-hydrogen) atoms. The Balaban J connectivity index is 1.98. The van der Waals surface area contributed by atoms with Gasteiger partial charge < -0.3 is 10.3 Å². The fourth-order valence-electron chi connectivity index (χ4n) is 1.68. The van der Waals surface area contributed by atoms with Crippen molar-refractivity contribution in [1.29, 1.82) is 0 Å². The number of aromatic amines is 1. The topological polar surface area (TPSA) is 27.8 Å². The molecule has 3 heteroatoms. The molecule has 0 fully saturated rings. The Morgan fingerprint density at radius 3 is 2.75 bits per heavy atom. The lowest BCUT2D eigenvalue weighted by atomic mass is 10.1. The Morgan fingerprint density at radius 1 is 1.25 bits per heavy atom. The summed E-state index contributed by atoms with van der Waals surface area (Å²) in [6.07, 6.45) is 1.88. The zero-order chi connectivity index (χ0) is 11.4. The van der Waals surface area contributed by atoms with Gasteiger partial charge in [-0.05, 0) is 25.1 Å². The lowest BCUT2D eigenvalue weighted by Crippen LogP contribution is -2.19. The first kappa shape index (κ1) is 10.9. The van der Waals surface area contributed by atoms with Crippen LogP contribution >= 0.6 is 0 Å². The number of benzene rings is 1. The molecule has 0 saturated carbocycles. The van der Waals surface area contributed by atoms with E-state index in [1.54, 1.807) is 6.07 Å². The van der Waals surface area contributed by atoms with Crippen LogP contribution in [-0.4, -0.2) is 4.98 Å². The minimum absolute atomic E-state index is 0.00417. The summed E-state index contributed by atoms with van der Waals surface area (Å²) >= 11 is 0. The molecular formula is C13H15FN2. The van der Waals surface area contributed by atoms with E-state index in [9.17, 15) is 4.39 Å². The molecule has 0 bridgehead atoms. The van der Waals surface area contributed by atoms with Gasteiger partial charge in [-0.1, -0.05) is 18.2 Å². The minimum Gasteiger partial charge on any atom is -0.364 e. The number of H-pyrrole nitrogens is 1. The molecule has 0 radical (unpaired) electrons. The van der Waals surface area contributed by atoms with E-state index >= 15 is 0 Å². The van der Waals surface area contributed by atoms with E-state index in [-0.39, 0.29) is 11.9 Å². The molecule has 1 atom stereocenters. The van der Waals surface area contributed by atoms with Crippen LogP contribution in [0.4, 0.5) is 4.39 Å². The monoisotopic (exact) mass is 218 g/mol. The van der Waals surface area contributed by atoms with Gasteiger partial charge in [0.1, 0.15) is 5.82 Å². The summed E-state index contributed by atoms with van der Waals surface area (Å²) < 4.78 is 13.5. The predicted octanol–water partition coefficient (Wildman–Crippen LogP) is 3.00.